The number of nitrogens with zero attached hydrogens (tertiary/aromatic N) is 2. The molecule has 1 N–H and O–H groups in total. The number of benzene rings is 1. The van der Waals surface area contributed by atoms with Gasteiger partial charge >= 0.3 is 5.97 Å². The zero-order valence-electron chi connectivity index (χ0n) is 13.7. The maximum Gasteiger partial charge on any atom is 0.335 e. The van der Waals surface area contributed by atoms with Crippen LogP contribution in [0.15, 0.2) is 42.6 Å². The Kier molecular flexibility index (Phi) is 3.60. The summed E-state index contributed by atoms with van der Waals surface area (Å²) in [7, 11) is 2.01. The summed E-state index contributed by atoms with van der Waals surface area (Å²) in [6, 6.07) is 11.4. The molecule has 0 aliphatic heterocycles. The van der Waals surface area contributed by atoms with Crippen molar-refractivity contribution in [2.45, 2.75) is 31.6 Å². The molecule has 1 saturated carbocycles. The Balaban J connectivity index is 2.03. The largest absolute Gasteiger partial charge is 0.478 e. The third kappa shape index (κ3) is 2.30. The molecule has 3 aromatic rings. The fourth-order valence-corrected chi connectivity index (χ4v) is 4.04. The second-order valence-corrected chi connectivity index (χ2v) is 6.55. The highest BCUT2D eigenvalue weighted by Gasteiger charge is 2.27. The quantitative estimate of drug-likeness (QED) is 0.767. The summed E-state index contributed by atoms with van der Waals surface area (Å²) in [6.45, 7) is 0. The molecule has 0 atom stereocenters. The number of aromatic nitrogens is 2. The second-order valence-electron chi connectivity index (χ2n) is 6.55. The van der Waals surface area contributed by atoms with Gasteiger partial charge in [0.25, 0.3) is 0 Å². The normalized spacial score (nSPS) is 15.2. The molecule has 0 saturated heterocycles. The Bertz CT molecular complexity index is 906. The lowest BCUT2D eigenvalue weighted by molar-refractivity contribution is 0.0697. The van der Waals surface area contributed by atoms with Gasteiger partial charge in [-0.1, -0.05) is 25.0 Å². The fraction of sp³-hybridized carbons (Fsp3) is 0.300. The number of aromatic carboxylic acids is 1. The molecule has 24 heavy (non-hydrogen) atoms. The minimum atomic E-state index is -0.889. The highest BCUT2D eigenvalue weighted by Crippen LogP contribution is 2.44. The van der Waals surface area contributed by atoms with Gasteiger partial charge in [0.05, 0.1) is 17.0 Å². The van der Waals surface area contributed by atoms with Crippen LogP contribution in [-0.2, 0) is 7.05 Å². The van der Waals surface area contributed by atoms with Gasteiger partial charge in [0.15, 0.2) is 0 Å². The van der Waals surface area contributed by atoms with Gasteiger partial charge in [0.2, 0.25) is 0 Å². The van der Waals surface area contributed by atoms with E-state index < -0.39 is 5.97 Å². The Labute approximate surface area is 140 Å². The number of carbonyl (C=O) groups is 1. The van der Waals surface area contributed by atoms with E-state index in [9.17, 15) is 9.90 Å². The van der Waals surface area contributed by atoms with Gasteiger partial charge in [-0.15, -0.1) is 0 Å². The molecule has 122 valence electrons. The van der Waals surface area contributed by atoms with Gasteiger partial charge in [-0.3, -0.25) is 4.98 Å². The molecule has 4 heteroatoms. The zero-order chi connectivity index (χ0) is 16.7. The smallest absolute Gasteiger partial charge is 0.335 e. The van der Waals surface area contributed by atoms with E-state index in [1.807, 2.05) is 37.5 Å². The van der Waals surface area contributed by atoms with Crippen LogP contribution >= 0.6 is 0 Å². The van der Waals surface area contributed by atoms with Crippen LogP contribution in [-0.4, -0.2) is 20.6 Å². The van der Waals surface area contributed by atoms with E-state index in [1.165, 1.54) is 31.2 Å². The molecule has 0 spiro atoms. The van der Waals surface area contributed by atoms with Crippen LogP contribution in [0.2, 0.25) is 0 Å². The summed E-state index contributed by atoms with van der Waals surface area (Å²) in [5.74, 6) is -0.360. The number of carboxylic acid groups (broad SMARTS) is 1. The maximum absolute atomic E-state index is 11.4. The van der Waals surface area contributed by atoms with E-state index in [4.69, 9.17) is 0 Å². The minimum absolute atomic E-state index is 0.327. The van der Waals surface area contributed by atoms with Crippen LogP contribution in [0.5, 0.6) is 0 Å². The van der Waals surface area contributed by atoms with Crippen LogP contribution in [0.3, 0.4) is 0 Å². The first-order valence-electron chi connectivity index (χ1n) is 8.44. The van der Waals surface area contributed by atoms with Crippen molar-refractivity contribution >= 4 is 16.9 Å². The van der Waals surface area contributed by atoms with E-state index in [2.05, 4.69) is 9.55 Å². The van der Waals surface area contributed by atoms with Crippen LogP contribution in [0.4, 0.5) is 0 Å². The maximum atomic E-state index is 11.4. The molecule has 4 rings (SSSR count). The van der Waals surface area contributed by atoms with Gasteiger partial charge in [0, 0.05) is 24.1 Å². The standard InChI is InChI=1S/C20H20N2O2/c1-22-17-12-14(20(23)24)9-10-15(17)18(13-6-2-3-7-13)19(22)16-8-4-5-11-21-16/h4-5,8-13H,2-3,6-7H2,1H3,(H,23,24). The molecule has 2 aromatic heterocycles. The van der Waals surface area contributed by atoms with Crippen molar-refractivity contribution in [3.05, 3.63) is 53.7 Å². The Morgan fingerprint density at radius 2 is 2.00 bits per heavy atom. The van der Waals surface area contributed by atoms with Crippen molar-refractivity contribution in [3.63, 3.8) is 0 Å². The van der Waals surface area contributed by atoms with Gasteiger partial charge in [-0.05, 0) is 48.6 Å². The summed E-state index contributed by atoms with van der Waals surface area (Å²) in [4.78, 5) is 15.9. The molecule has 1 aliphatic carbocycles. The van der Waals surface area contributed by atoms with E-state index in [0.29, 0.717) is 11.5 Å². The molecule has 0 amide bonds. The number of carboxylic acids is 1. The third-order valence-corrected chi connectivity index (χ3v) is 5.16. The molecule has 1 fully saturated rings. The first-order valence-corrected chi connectivity index (χ1v) is 8.44. The van der Waals surface area contributed by atoms with E-state index in [0.717, 1.165) is 22.3 Å². The van der Waals surface area contributed by atoms with Crippen LogP contribution < -0.4 is 0 Å². The number of fused-ring (bicyclic) bond motifs is 1. The lowest BCUT2D eigenvalue weighted by Gasteiger charge is -2.13. The van der Waals surface area contributed by atoms with Crippen molar-refractivity contribution in [2.24, 2.45) is 7.05 Å². The van der Waals surface area contributed by atoms with Gasteiger partial charge < -0.3 is 9.67 Å². The van der Waals surface area contributed by atoms with Crippen LogP contribution in [0.25, 0.3) is 22.3 Å². The average molecular weight is 320 g/mol. The number of hydrogen-bond acceptors (Lipinski definition) is 2. The van der Waals surface area contributed by atoms with Gasteiger partial charge in [-0.25, -0.2) is 4.79 Å². The third-order valence-electron chi connectivity index (χ3n) is 5.16. The molecule has 0 radical (unpaired) electrons. The number of hydrogen-bond donors (Lipinski definition) is 1. The zero-order valence-corrected chi connectivity index (χ0v) is 13.7. The monoisotopic (exact) mass is 320 g/mol. The summed E-state index contributed by atoms with van der Waals surface area (Å²) < 4.78 is 2.11. The average Bonchev–Trinajstić information content (AvgIpc) is 3.22. The van der Waals surface area contributed by atoms with Crippen LogP contribution in [0, 0.1) is 0 Å². The van der Waals surface area contributed by atoms with E-state index >= 15 is 0 Å². The fourth-order valence-electron chi connectivity index (χ4n) is 4.04. The predicted octanol–water partition coefficient (Wildman–Crippen LogP) is 4.60. The Morgan fingerprint density at radius 1 is 1.21 bits per heavy atom. The van der Waals surface area contributed by atoms with Gasteiger partial charge in [-0.2, -0.15) is 0 Å². The predicted molar refractivity (Wildman–Crippen MR) is 94.3 cm³/mol. The van der Waals surface area contributed by atoms with E-state index in [-0.39, 0.29) is 0 Å². The Morgan fingerprint density at radius 3 is 2.67 bits per heavy atom. The van der Waals surface area contributed by atoms with Crippen LogP contribution in [0.1, 0.15) is 47.5 Å². The number of pyridine rings is 1. The Hall–Kier alpha value is -2.62. The summed E-state index contributed by atoms with van der Waals surface area (Å²) in [6.07, 6.45) is 6.72. The van der Waals surface area contributed by atoms with Crippen molar-refractivity contribution in [1.82, 2.24) is 9.55 Å². The molecular formula is C20H20N2O2. The van der Waals surface area contributed by atoms with Crippen molar-refractivity contribution in [1.29, 1.82) is 0 Å². The molecule has 0 bridgehead atoms. The SMILES string of the molecule is Cn1c(-c2ccccn2)c(C2CCCC2)c2ccc(C(=O)O)cc21. The van der Waals surface area contributed by atoms with Crippen molar-refractivity contribution in [3.8, 4) is 11.4 Å². The summed E-state index contributed by atoms with van der Waals surface area (Å²) >= 11 is 0. The lowest BCUT2D eigenvalue weighted by Crippen LogP contribution is -1.99. The first-order chi connectivity index (χ1) is 11.7. The van der Waals surface area contributed by atoms with Gasteiger partial charge in [0.1, 0.15) is 0 Å². The van der Waals surface area contributed by atoms with Crippen molar-refractivity contribution in [2.75, 3.05) is 0 Å². The minimum Gasteiger partial charge on any atom is -0.478 e. The molecule has 2 heterocycles. The second kappa shape index (κ2) is 5.78. The highest BCUT2D eigenvalue weighted by atomic mass is 16.4. The summed E-state index contributed by atoms with van der Waals surface area (Å²) in [5, 5.41) is 10.5. The number of rotatable bonds is 3. The van der Waals surface area contributed by atoms with Crippen molar-refractivity contribution < 1.29 is 9.90 Å². The molecule has 4 nitrogen and oxygen atoms in total. The van der Waals surface area contributed by atoms with E-state index in [1.54, 1.807) is 12.1 Å². The topological polar surface area (TPSA) is 55.1 Å². The molecular weight excluding hydrogens is 300 g/mol. The lowest BCUT2D eigenvalue weighted by atomic mass is 9.93. The number of aryl methyl sites for hydroxylation is 1. The molecule has 1 aliphatic rings. The first kappa shape index (κ1) is 14.9. The highest BCUT2D eigenvalue weighted by molar-refractivity contribution is 5.97. The molecule has 1 aromatic carbocycles. The summed E-state index contributed by atoms with van der Waals surface area (Å²) in [5.41, 5.74) is 4.71. The molecule has 0 unspecified atom stereocenters.